The average Bonchev–Trinajstić information content (AvgIpc) is 2.69. The van der Waals surface area contributed by atoms with Crippen molar-refractivity contribution in [2.45, 2.75) is 11.8 Å². The van der Waals surface area contributed by atoms with Gasteiger partial charge in [0.1, 0.15) is 10.1 Å². The van der Waals surface area contributed by atoms with Crippen LogP contribution in [-0.4, -0.2) is 50.4 Å². The predicted molar refractivity (Wildman–Crippen MR) is 110 cm³/mol. The fourth-order valence-electron chi connectivity index (χ4n) is 2.17. The van der Waals surface area contributed by atoms with Crippen LogP contribution in [0.1, 0.15) is 5.56 Å². The molecular formula is C21H21BiO5S. The van der Waals surface area contributed by atoms with Crippen molar-refractivity contribution in [1.82, 2.24) is 0 Å². The van der Waals surface area contributed by atoms with E-state index in [9.17, 15) is 13.0 Å². The van der Waals surface area contributed by atoms with Gasteiger partial charge in [-0.1, -0.05) is 17.7 Å². The maximum atomic E-state index is 10.4. The third-order valence-corrected chi connectivity index (χ3v) is 8.89. The quantitative estimate of drug-likeness (QED) is 0.335. The van der Waals surface area contributed by atoms with Crippen molar-refractivity contribution < 1.29 is 22.4 Å². The van der Waals surface area contributed by atoms with Gasteiger partial charge in [-0.05, 0) is 19.1 Å². The maximum absolute atomic E-state index is 10.4. The van der Waals surface area contributed by atoms with Crippen molar-refractivity contribution in [2.75, 3.05) is 14.2 Å². The molecule has 0 aliphatic rings. The van der Waals surface area contributed by atoms with Crippen LogP contribution in [0.3, 0.4) is 0 Å². The summed E-state index contributed by atoms with van der Waals surface area (Å²) in [5, 5.41) is 0. The smallest absolute Gasteiger partial charge is 0.124 e. The van der Waals surface area contributed by atoms with Crippen LogP contribution in [0.2, 0.25) is 0 Å². The van der Waals surface area contributed by atoms with Crippen LogP contribution in [0.15, 0.2) is 77.7 Å². The van der Waals surface area contributed by atoms with Crippen molar-refractivity contribution >= 4 is 39.9 Å². The summed E-state index contributed by atoms with van der Waals surface area (Å²) in [7, 11) is -0.882. The normalized spacial score (nSPS) is 10.6. The van der Waals surface area contributed by atoms with Crippen LogP contribution in [0, 0.1) is 6.92 Å². The second kappa shape index (κ2) is 10.6. The van der Waals surface area contributed by atoms with E-state index < -0.39 is 33.4 Å². The minimum absolute atomic E-state index is 0.178. The van der Waals surface area contributed by atoms with Gasteiger partial charge in [-0.2, -0.15) is 0 Å². The van der Waals surface area contributed by atoms with Gasteiger partial charge in [-0.25, -0.2) is 8.42 Å². The summed E-state index contributed by atoms with van der Waals surface area (Å²) in [6.45, 7) is 1.82. The number of rotatable bonds is 5. The Kier molecular flexibility index (Phi) is 8.42. The standard InChI is InChI=1S/C7H8O3S.2C7H7O.Bi/c1-6-2-4-7(5-3-6)11(8,9)10;2*1-8-7-5-3-2-4-6-7;/h2-5H,1H3,(H,8,9,10);2*3-6H,1H3;/q;;;+1/p-1. The third-order valence-electron chi connectivity index (χ3n) is 3.71. The summed E-state index contributed by atoms with van der Waals surface area (Å²) < 4.78 is 44.4. The Morgan fingerprint density at radius 3 is 1.43 bits per heavy atom. The molecule has 5 nitrogen and oxygen atoms in total. The number of hydrogen-bond acceptors (Lipinski definition) is 5. The summed E-state index contributed by atoms with van der Waals surface area (Å²) in [4.78, 5) is -0.178. The van der Waals surface area contributed by atoms with Gasteiger partial charge in [0.25, 0.3) is 0 Å². The molecule has 0 aromatic heterocycles. The first kappa shape index (κ1) is 22.3. The molecule has 0 aliphatic carbocycles. The first-order chi connectivity index (χ1) is 13.3. The second-order valence-corrected chi connectivity index (χ2v) is 12.0. The minimum atomic E-state index is -4.27. The average molecular weight is 594 g/mol. The third kappa shape index (κ3) is 7.23. The van der Waals surface area contributed by atoms with Gasteiger partial charge in [-0.3, -0.25) is 0 Å². The minimum Gasteiger partial charge on any atom is -0.744 e. The Labute approximate surface area is 177 Å². The van der Waals surface area contributed by atoms with Gasteiger partial charge in [0.15, 0.2) is 0 Å². The molecule has 3 aromatic rings. The Bertz CT molecular complexity index is 921. The Morgan fingerprint density at radius 1 is 0.714 bits per heavy atom. The monoisotopic (exact) mass is 594 g/mol. The molecule has 0 saturated heterocycles. The van der Waals surface area contributed by atoms with Crippen LogP contribution in [-0.2, 0) is 10.1 Å². The number of ether oxygens (including phenoxy) is 2. The van der Waals surface area contributed by atoms with E-state index in [1.54, 1.807) is 26.4 Å². The Hall–Kier alpha value is -1.95. The van der Waals surface area contributed by atoms with Crippen LogP contribution in [0.4, 0.5) is 0 Å². The van der Waals surface area contributed by atoms with Gasteiger partial charge in [-0.15, -0.1) is 0 Å². The van der Waals surface area contributed by atoms with Gasteiger partial charge in [0.2, 0.25) is 0 Å². The molecule has 0 spiro atoms. The van der Waals surface area contributed by atoms with Crippen molar-refractivity contribution in [1.29, 1.82) is 0 Å². The summed E-state index contributed by atoms with van der Waals surface area (Å²) in [6.07, 6.45) is 0. The molecule has 7 heteroatoms. The van der Waals surface area contributed by atoms with E-state index in [4.69, 9.17) is 9.47 Å². The van der Waals surface area contributed by atoms with Gasteiger partial charge < -0.3 is 4.55 Å². The van der Waals surface area contributed by atoms with E-state index in [1.165, 1.54) is 18.7 Å². The molecule has 0 heterocycles. The van der Waals surface area contributed by atoms with E-state index >= 15 is 0 Å². The molecule has 0 fully saturated rings. The maximum Gasteiger partial charge on any atom is 0.124 e. The number of benzene rings is 3. The first-order valence-electron chi connectivity index (χ1n) is 8.34. The molecule has 0 amide bonds. The molecule has 3 aromatic carbocycles. The molecule has 2 radical (unpaired) electrons. The van der Waals surface area contributed by atoms with Crippen LogP contribution >= 0.6 is 0 Å². The Balaban J connectivity index is 0.000000221. The molecular weight excluding hydrogens is 573 g/mol. The molecule has 0 saturated carbocycles. The summed E-state index contributed by atoms with van der Waals surface area (Å²) in [5.74, 6) is 1.84. The summed E-state index contributed by atoms with van der Waals surface area (Å²) >= 11 is -0.788. The van der Waals surface area contributed by atoms with E-state index in [0.29, 0.717) is 0 Å². The molecule has 0 atom stereocenters. The molecule has 3 rings (SSSR count). The SMILES string of the molecule is COc1cc[c]([Bi+][c]2ccc(OC)cc2)cc1.Cc1ccc(S(=O)(=O)[O-])cc1. The largest absolute Gasteiger partial charge is 0.744 e. The van der Waals surface area contributed by atoms with Crippen molar-refractivity contribution in [3.8, 4) is 11.5 Å². The fraction of sp³-hybridized carbons (Fsp3) is 0.143. The van der Waals surface area contributed by atoms with Crippen LogP contribution < -0.4 is 16.0 Å². The van der Waals surface area contributed by atoms with E-state index in [2.05, 4.69) is 24.3 Å². The molecule has 0 N–H and O–H groups in total. The molecule has 0 bridgehead atoms. The molecule has 0 unspecified atom stereocenters. The number of methoxy groups -OCH3 is 2. The van der Waals surface area contributed by atoms with Gasteiger partial charge in [0, 0.05) is 0 Å². The Morgan fingerprint density at radius 2 is 1.11 bits per heavy atom. The molecule has 28 heavy (non-hydrogen) atoms. The summed E-state index contributed by atoms with van der Waals surface area (Å²) in [5.41, 5.74) is 0.928. The van der Waals surface area contributed by atoms with Gasteiger partial charge >= 0.3 is 114 Å². The van der Waals surface area contributed by atoms with Crippen LogP contribution in [0.25, 0.3) is 0 Å². The van der Waals surface area contributed by atoms with E-state index in [1.807, 2.05) is 31.2 Å². The fourth-order valence-corrected chi connectivity index (χ4v) is 6.11. The van der Waals surface area contributed by atoms with E-state index in [-0.39, 0.29) is 4.90 Å². The van der Waals surface area contributed by atoms with Crippen molar-refractivity contribution in [3.05, 3.63) is 78.4 Å². The van der Waals surface area contributed by atoms with Crippen molar-refractivity contribution in [3.63, 3.8) is 0 Å². The topological polar surface area (TPSA) is 75.7 Å². The van der Waals surface area contributed by atoms with Crippen LogP contribution in [0.5, 0.6) is 11.5 Å². The molecule has 146 valence electrons. The number of hydrogen-bond donors (Lipinski definition) is 0. The predicted octanol–water partition coefficient (Wildman–Crippen LogP) is 2.26. The van der Waals surface area contributed by atoms with Gasteiger partial charge in [0.05, 0.1) is 4.90 Å². The first-order valence-corrected chi connectivity index (χ1v) is 13.2. The van der Waals surface area contributed by atoms with Crippen molar-refractivity contribution in [2.24, 2.45) is 0 Å². The summed E-state index contributed by atoms with van der Waals surface area (Å²) in [6, 6.07) is 22.6. The zero-order chi connectivity index (χ0) is 20.6. The molecule has 0 aliphatic heterocycles. The zero-order valence-electron chi connectivity index (χ0n) is 15.8. The zero-order valence-corrected chi connectivity index (χ0v) is 20.1. The second-order valence-electron chi connectivity index (χ2n) is 5.78. The number of aryl methyl sites for hydroxylation is 1. The van der Waals surface area contributed by atoms with E-state index in [0.717, 1.165) is 17.1 Å².